The van der Waals surface area contributed by atoms with Crippen LogP contribution in [0.15, 0.2) is 140 Å². The van der Waals surface area contributed by atoms with E-state index in [1.54, 1.807) is 0 Å². The zero-order valence-electron chi connectivity index (χ0n) is 19.8. The summed E-state index contributed by atoms with van der Waals surface area (Å²) in [6.45, 7) is 0. The van der Waals surface area contributed by atoms with Gasteiger partial charge in [0.05, 0.1) is 0 Å². The second-order valence-corrected chi connectivity index (χ2v) is 10.3. The van der Waals surface area contributed by atoms with Crippen molar-refractivity contribution in [2.75, 3.05) is 0 Å². The van der Waals surface area contributed by atoms with Gasteiger partial charge in [0.25, 0.3) is 0 Å². The summed E-state index contributed by atoms with van der Waals surface area (Å²) in [5.41, 5.74) is 9.40. The zero-order valence-corrected chi connectivity index (χ0v) is 20.6. The average molecular weight is 477 g/mol. The first-order valence-electron chi connectivity index (χ1n) is 12.4. The highest BCUT2D eigenvalue weighted by molar-refractivity contribution is 7.18. The lowest BCUT2D eigenvalue weighted by Crippen LogP contribution is -2.01. The summed E-state index contributed by atoms with van der Waals surface area (Å²) in [5.74, 6) is 0.195. The fourth-order valence-corrected chi connectivity index (χ4v) is 7.02. The third kappa shape index (κ3) is 3.36. The van der Waals surface area contributed by atoms with Crippen molar-refractivity contribution in [2.24, 2.45) is 0 Å². The maximum absolute atomic E-state index is 2.32. The molecule has 1 unspecified atom stereocenters. The van der Waals surface area contributed by atoms with Gasteiger partial charge in [0.1, 0.15) is 0 Å². The highest BCUT2D eigenvalue weighted by Crippen LogP contribution is 2.55. The van der Waals surface area contributed by atoms with Gasteiger partial charge in [0.2, 0.25) is 0 Å². The van der Waals surface area contributed by atoms with Crippen molar-refractivity contribution in [3.05, 3.63) is 167 Å². The summed E-state index contributed by atoms with van der Waals surface area (Å²) < 4.78 is 0. The fraction of sp³-hybridized carbons (Fsp3) is 0.0286. The maximum atomic E-state index is 2.32. The summed E-state index contributed by atoms with van der Waals surface area (Å²) in [7, 11) is 0. The maximum Gasteiger partial charge on any atom is 0.0437 e. The van der Waals surface area contributed by atoms with Crippen molar-refractivity contribution in [1.29, 1.82) is 0 Å². The van der Waals surface area contributed by atoms with Gasteiger partial charge in [-0.1, -0.05) is 140 Å². The van der Waals surface area contributed by atoms with E-state index >= 15 is 0 Å². The molecule has 5 aromatic carbocycles. The van der Waals surface area contributed by atoms with E-state index in [1.807, 2.05) is 11.3 Å². The molecule has 1 heterocycles. The Labute approximate surface area is 215 Å². The molecule has 1 aliphatic carbocycles. The number of fused-ring (bicyclic) bond motifs is 2. The molecule has 0 fully saturated rings. The third-order valence-corrected chi connectivity index (χ3v) is 8.49. The molecule has 1 aromatic heterocycles. The first-order chi connectivity index (χ1) is 17.9. The van der Waals surface area contributed by atoms with E-state index in [1.165, 1.54) is 59.5 Å². The molecule has 0 bridgehead atoms. The predicted octanol–water partition coefficient (Wildman–Crippen LogP) is 9.67. The number of thiophene rings is 1. The normalized spacial score (nSPS) is 14.8. The van der Waals surface area contributed by atoms with Gasteiger partial charge in [-0.05, 0) is 33.4 Å². The van der Waals surface area contributed by atoms with Crippen molar-refractivity contribution in [3.63, 3.8) is 0 Å². The smallest absolute Gasteiger partial charge is 0.0437 e. The van der Waals surface area contributed by atoms with Crippen LogP contribution in [0.25, 0.3) is 32.4 Å². The van der Waals surface area contributed by atoms with E-state index in [0.29, 0.717) is 0 Å². The highest BCUT2D eigenvalue weighted by atomic mass is 32.1. The monoisotopic (exact) mass is 476 g/mol. The lowest BCUT2D eigenvalue weighted by molar-refractivity contribution is 1.07. The van der Waals surface area contributed by atoms with E-state index in [0.717, 1.165) is 0 Å². The van der Waals surface area contributed by atoms with Crippen molar-refractivity contribution >= 4 is 33.3 Å². The molecule has 0 radical (unpaired) electrons. The lowest BCUT2D eigenvalue weighted by Gasteiger charge is -2.18. The molecule has 0 N–H and O–H groups in total. The highest BCUT2D eigenvalue weighted by Gasteiger charge is 2.35. The molecule has 0 aliphatic heterocycles. The van der Waals surface area contributed by atoms with Crippen LogP contribution in [0.4, 0.5) is 0 Å². The van der Waals surface area contributed by atoms with Gasteiger partial charge in [0, 0.05) is 32.0 Å². The summed E-state index contributed by atoms with van der Waals surface area (Å²) in [4.78, 5) is 2.69. The number of rotatable bonds is 4. The van der Waals surface area contributed by atoms with Crippen LogP contribution in [0.3, 0.4) is 0 Å². The van der Waals surface area contributed by atoms with Crippen LogP contribution in [0.5, 0.6) is 0 Å². The Kier molecular flexibility index (Phi) is 5.15. The van der Waals surface area contributed by atoms with Crippen LogP contribution in [0.1, 0.15) is 33.0 Å². The van der Waals surface area contributed by atoms with Crippen LogP contribution in [0, 0.1) is 0 Å². The number of hydrogen-bond donors (Lipinski definition) is 0. The van der Waals surface area contributed by atoms with Crippen LogP contribution < -0.4 is 0 Å². The SMILES string of the molecule is c1ccc(C2=C(c3sc(-c4ccccc4)c4ccccc34)c3ccccc3C2c2ccccc2)cc1. The Morgan fingerprint density at radius 1 is 0.444 bits per heavy atom. The second-order valence-electron chi connectivity index (χ2n) is 9.26. The van der Waals surface area contributed by atoms with E-state index in [2.05, 4.69) is 140 Å². The summed E-state index contributed by atoms with van der Waals surface area (Å²) in [6.07, 6.45) is 0. The zero-order chi connectivity index (χ0) is 23.9. The van der Waals surface area contributed by atoms with Gasteiger partial charge in [-0.3, -0.25) is 0 Å². The summed E-state index contributed by atoms with van der Waals surface area (Å²) in [6, 6.07) is 50.6. The molecule has 6 aromatic rings. The van der Waals surface area contributed by atoms with Crippen LogP contribution in [0.2, 0.25) is 0 Å². The predicted molar refractivity (Wildman–Crippen MR) is 154 cm³/mol. The lowest BCUT2D eigenvalue weighted by atomic mass is 9.85. The fourth-order valence-electron chi connectivity index (χ4n) is 5.67. The van der Waals surface area contributed by atoms with E-state index in [4.69, 9.17) is 0 Å². The van der Waals surface area contributed by atoms with Crippen molar-refractivity contribution in [2.45, 2.75) is 5.92 Å². The van der Waals surface area contributed by atoms with Crippen molar-refractivity contribution in [1.82, 2.24) is 0 Å². The molecule has 1 heteroatoms. The van der Waals surface area contributed by atoms with Crippen LogP contribution in [-0.4, -0.2) is 0 Å². The minimum Gasteiger partial charge on any atom is -0.134 e. The number of allylic oxidation sites excluding steroid dienone is 1. The Morgan fingerprint density at radius 3 is 1.67 bits per heavy atom. The standard InChI is InChI=1S/C35H24S/c1-4-14-24(15-5-1)31-27-20-10-11-21-28(27)33(32(31)25-16-6-2-7-17-25)35-30-23-13-12-22-29(30)34(36-35)26-18-8-3-9-19-26/h1-23,31H. The van der Waals surface area contributed by atoms with Gasteiger partial charge in [-0.25, -0.2) is 0 Å². The quantitative estimate of drug-likeness (QED) is 0.237. The van der Waals surface area contributed by atoms with Crippen molar-refractivity contribution < 1.29 is 0 Å². The van der Waals surface area contributed by atoms with Gasteiger partial charge in [0.15, 0.2) is 0 Å². The molecule has 0 saturated carbocycles. The molecule has 1 atom stereocenters. The van der Waals surface area contributed by atoms with Crippen LogP contribution >= 0.6 is 11.3 Å². The molecule has 1 aliphatic rings. The molecule has 170 valence electrons. The van der Waals surface area contributed by atoms with Crippen LogP contribution in [-0.2, 0) is 0 Å². The topological polar surface area (TPSA) is 0 Å². The minimum absolute atomic E-state index is 0.195. The number of hydrogen-bond acceptors (Lipinski definition) is 1. The molecule has 7 rings (SSSR count). The molecule has 0 spiro atoms. The summed E-state index contributed by atoms with van der Waals surface area (Å²) in [5, 5.41) is 2.65. The van der Waals surface area contributed by atoms with E-state index in [9.17, 15) is 0 Å². The second kappa shape index (κ2) is 8.78. The van der Waals surface area contributed by atoms with Gasteiger partial charge in [-0.2, -0.15) is 0 Å². The van der Waals surface area contributed by atoms with E-state index in [-0.39, 0.29) is 5.92 Å². The molecular weight excluding hydrogens is 452 g/mol. The average Bonchev–Trinajstić information content (AvgIpc) is 3.51. The largest absolute Gasteiger partial charge is 0.134 e. The van der Waals surface area contributed by atoms with Gasteiger partial charge in [-0.15, -0.1) is 11.3 Å². The summed E-state index contributed by atoms with van der Waals surface area (Å²) >= 11 is 1.92. The van der Waals surface area contributed by atoms with Gasteiger partial charge < -0.3 is 0 Å². The molecule has 0 saturated heterocycles. The Morgan fingerprint density at radius 2 is 0.972 bits per heavy atom. The van der Waals surface area contributed by atoms with Crippen molar-refractivity contribution in [3.8, 4) is 10.4 Å². The minimum atomic E-state index is 0.195. The van der Waals surface area contributed by atoms with E-state index < -0.39 is 0 Å². The Bertz CT molecular complexity index is 1710. The first-order valence-corrected chi connectivity index (χ1v) is 13.2. The third-order valence-electron chi connectivity index (χ3n) is 7.20. The molecule has 0 amide bonds. The molecular formula is C35H24S. The molecule has 0 nitrogen and oxygen atoms in total. The number of benzene rings is 5. The molecule has 36 heavy (non-hydrogen) atoms. The first kappa shape index (κ1) is 21.1. The Hall–Kier alpha value is -4.20. The van der Waals surface area contributed by atoms with Gasteiger partial charge >= 0.3 is 0 Å². The Balaban J connectivity index is 1.59.